The van der Waals surface area contributed by atoms with Gasteiger partial charge in [0.15, 0.2) is 0 Å². The molecule has 5 heteroatoms. The Labute approximate surface area is 126 Å². The van der Waals surface area contributed by atoms with Crippen molar-refractivity contribution in [2.24, 2.45) is 0 Å². The van der Waals surface area contributed by atoms with Crippen LogP contribution < -0.4 is 5.32 Å². The van der Waals surface area contributed by atoms with E-state index >= 15 is 0 Å². The van der Waals surface area contributed by atoms with E-state index in [4.69, 9.17) is 16.3 Å². The first kappa shape index (κ1) is 15.8. The summed E-state index contributed by atoms with van der Waals surface area (Å²) in [6.45, 7) is 6.78. The van der Waals surface area contributed by atoms with E-state index in [1.165, 1.54) is 0 Å². The number of alkyl halides is 1. The second-order valence-corrected chi connectivity index (χ2v) is 5.90. The quantitative estimate of drug-likeness (QED) is 0.786. The molecule has 0 unspecified atom stereocenters. The maximum absolute atomic E-state index is 6.16. The van der Waals surface area contributed by atoms with E-state index in [9.17, 15) is 0 Å². The minimum absolute atomic E-state index is 0.0124. The Morgan fingerprint density at radius 1 is 1.40 bits per heavy atom. The third-order valence-electron chi connectivity index (χ3n) is 4.33. The lowest BCUT2D eigenvalue weighted by atomic mass is 9.92. The molecule has 0 saturated carbocycles. The van der Waals surface area contributed by atoms with E-state index in [1.54, 1.807) is 0 Å². The lowest BCUT2D eigenvalue weighted by molar-refractivity contribution is 0.0457. The van der Waals surface area contributed by atoms with Crippen LogP contribution in [0.25, 0.3) is 0 Å². The standard InChI is InChI=1S/C15H26ClN3O/c1-3-14(4-2)19-8-5-13(18-19)11-17-15(12-16)6-9-20-10-7-15/h5,8,14,17H,3-4,6-7,9-12H2,1-2H3. The summed E-state index contributed by atoms with van der Waals surface area (Å²) >= 11 is 6.16. The summed E-state index contributed by atoms with van der Waals surface area (Å²) in [6.07, 6.45) is 6.28. The molecule has 0 aromatic carbocycles. The van der Waals surface area contributed by atoms with Gasteiger partial charge in [-0.05, 0) is 31.7 Å². The van der Waals surface area contributed by atoms with Crippen molar-refractivity contribution < 1.29 is 4.74 Å². The molecular weight excluding hydrogens is 274 g/mol. The first-order valence-corrected chi connectivity index (χ1v) is 8.19. The lowest BCUT2D eigenvalue weighted by Crippen LogP contribution is -2.50. The second kappa shape index (κ2) is 7.43. The van der Waals surface area contributed by atoms with Crippen LogP contribution in [0, 0.1) is 0 Å². The molecule has 1 aromatic heterocycles. The zero-order chi connectivity index (χ0) is 14.4. The Bertz CT molecular complexity index is 398. The number of rotatable bonds is 7. The smallest absolute Gasteiger partial charge is 0.0762 e. The molecule has 114 valence electrons. The molecule has 0 atom stereocenters. The average Bonchev–Trinajstić information content (AvgIpc) is 2.96. The zero-order valence-corrected chi connectivity index (χ0v) is 13.3. The lowest BCUT2D eigenvalue weighted by Gasteiger charge is -2.36. The highest BCUT2D eigenvalue weighted by Crippen LogP contribution is 2.23. The highest BCUT2D eigenvalue weighted by atomic mass is 35.5. The fourth-order valence-electron chi connectivity index (χ4n) is 2.74. The summed E-state index contributed by atoms with van der Waals surface area (Å²) < 4.78 is 7.52. The number of aromatic nitrogens is 2. The van der Waals surface area contributed by atoms with Crippen molar-refractivity contribution in [1.29, 1.82) is 0 Å². The molecule has 1 aliphatic heterocycles. The van der Waals surface area contributed by atoms with Crippen molar-refractivity contribution in [3.8, 4) is 0 Å². The third kappa shape index (κ3) is 3.74. The molecular formula is C15H26ClN3O. The van der Waals surface area contributed by atoms with Gasteiger partial charge in [0.2, 0.25) is 0 Å². The zero-order valence-electron chi connectivity index (χ0n) is 12.6. The van der Waals surface area contributed by atoms with E-state index in [-0.39, 0.29) is 5.54 Å². The minimum Gasteiger partial charge on any atom is -0.381 e. The van der Waals surface area contributed by atoms with Crippen molar-refractivity contribution in [3.05, 3.63) is 18.0 Å². The van der Waals surface area contributed by atoms with Gasteiger partial charge in [-0.15, -0.1) is 11.6 Å². The summed E-state index contributed by atoms with van der Waals surface area (Å²) in [5.74, 6) is 0.629. The fourth-order valence-corrected chi connectivity index (χ4v) is 3.10. The Balaban J connectivity index is 1.93. The molecule has 4 nitrogen and oxygen atoms in total. The maximum atomic E-state index is 6.16. The molecule has 1 aromatic rings. The number of ether oxygens (including phenoxy) is 1. The van der Waals surface area contributed by atoms with Gasteiger partial charge in [-0.2, -0.15) is 5.10 Å². The summed E-state index contributed by atoms with van der Waals surface area (Å²) in [5.41, 5.74) is 1.10. The molecule has 0 aliphatic carbocycles. The minimum atomic E-state index is 0.0124. The fraction of sp³-hybridized carbons (Fsp3) is 0.800. The van der Waals surface area contributed by atoms with Crippen molar-refractivity contribution in [1.82, 2.24) is 15.1 Å². The Morgan fingerprint density at radius 3 is 2.70 bits per heavy atom. The molecule has 2 heterocycles. The number of hydrogen-bond donors (Lipinski definition) is 1. The predicted octanol–water partition coefficient (Wildman–Crippen LogP) is 3.12. The van der Waals surface area contributed by atoms with Gasteiger partial charge in [0.1, 0.15) is 0 Å². The van der Waals surface area contributed by atoms with E-state index < -0.39 is 0 Å². The van der Waals surface area contributed by atoms with Gasteiger partial charge in [0.05, 0.1) is 11.7 Å². The van der Waals surface area contributed by atoms with Gasteiger partial charge < -0.3 is 10.1 Å². The molecule has 1 saturated heterocycles. The third-order valence-corrected chi connectivity index (χ3v) is 4.84. The van der Waals surface area contributed by atoms with Crippen LogP contribution in [-0.2, 0) is 11.3 Å². The van der Waals surface area contributed by atoms with Gasteiger partial charge in [0, 0.05) is 37.4 Å². The second-order valence-electron chi connectivity index (χ2n) is 5.64. The molecule has 20 heavy (non-hydrogen) atoms. The van der Waals surface area contributed by atoms with Crippen LogP contribution in [0.2, 0.25) is 0 Å². The number of nitrogens with zero attached hydrogens (tertiary/aromatic N) is 2. The van der Waals surface area contributed by atoms with Crippen LogP contribution in [0.3, 0.4) is 0 Å². The van der Waals surface area contributed by atoms with Crippen molar-refractivity contribution in [3.63, 3.8) is 0 Å². The van der Waals surface area contributed by atoms with Crippen molar-refractivity contribution in [2.75, 3.05) is 19.1 Å². The van der Waals surface area contributed by atoms with Crippen LogP contribution in [0.5, 0.6) is 0 Å². The van der Waals surface area contributed by atoms with Crippen LogP contribution in [-0.4, -0.2) is 34.4 Å². The number of hydrogen-bond acceptors (Lipinski definition) is 3. The monoisotopic (exact) mass is 299 g/mol. The van der Waals surface area contributed by atoms with Gasteiger partial charge >= 0.3 is 0 Å². The largest absolute Gasteiger partial charge is 0.381 e. The molecule has 0 radical (unpaired) electrons. The van der Waals surface area contributed by atoms with E-state index in [0.717, 1.165) is 51.1 Å². The van der Waals surface area contributed by atoms with Crippen LogP contribution in [0.15, 0.2) is 12.3 Å². The molecule has 0 spiro atoms. The number of nitrogens with one attached hydrogen (secondary N) is 1. The molecule has 1 fully saturated rings. The average molecular weight is 300 g/mol. The Hall–Kier alpha value is -0.580. The van der Waals surface area contributed by atoms with Crippen molar-refractivity contribution in [2.45, 2.75) is 57.7 Å². The first-order valence-electron chi connectivity index (χ1n) is 7.66. The highest BCUT2D eigenvalue weighted by Gasteiger charge is 2.31. The summed E-state index contributed by atoms with van der Waals surface area (Å²) in [6, 6.07) is 2.61. The summed E-state index contributed by atoms with van der Waals surface area (Å²) in [5, 5.41) is 8.28. The summed E-state index contributed by atoms with van der Waals surface area (Å²) in [7, 11) is 0. The van der Waals surface area contributed by atoms with Crippen LogP contribution >= 0.6 is 11.6 Å². The molecule has 0 bridgehead atoms. The van der Waals surface area contributed by atoms with Crippen molar-refractivity contribution >= 4 is 11.6 Å². The molecule has 0 amide bonds. The highest BCUT2D eigenvalue weighted by molar-refractivity contribution is 6.18. The Morgan fingerprint density at radius 2 is 2.10 bits per heavy atom. The van der Waals surface area contributed by atoms with Gasteiger partial charge in [0.25, 0.3) is 0 Å². The Kier molecular flexibility index (Phi) is 5.87. The maximum Gasteiger partial charge on any atom is 0.0762 e. The normalized spacial score (nSPS) is 18.6. The first-order chi connectivity index (χ1) is 9.73. The molecule has 1 N–H and O–H groups in total. The van der Waals surface area contributed by atoms with E-state index in [2.05, 4.69) is 41.2 Å². The molecule has 1 aliphatic rings. The van der Waals surface area contributed by atoms with E-state index in [0.29, 0.717) is 11.9 Å². The SMILES string of the molecule is CCC(CC)n1ccc(CNC2(CCl)CCOCC2)n1. The summed E-state index contributed by atoms with van der Waals surface area (Å²) in [4.78, 5) is 0. The van der Waals surface area contributed by atoms with Gasteiger partial charge in [-0.3, -0.25) is 4.68 Å². The molecule has 2 rings (SSSR count). The van der Waals surface area contributed by atoms with Gasteiger partial charge in [-0.25, -0.2) is 0 Å². The van der Waals surface area contributed by atoms with Crippen LogP contribution in [0.1, 0.15) is 51.3 Å². The van der Waals surface area contributed by atoms with E-state index in [1.807, 2.05) is 0 Å². The predicted molar refractivity (Wildman–Crippen MR) is 82.2 cm³/mol. The van der Waals surface area contributed by atoms with Crippen LogP contribution in [0.4, 0.5) is 0 Å². The number of halogens is 1. The van der Waals surface area contributed by atoms with Gasteiger partial charge in [-0.1, -0.05) is 13.8 Å². The topological polar surface area (TPSA) is 39.1 Å².